The Hall–Kier alpha value is -2.10. The molecule has 0 aliphatic carbocycles. The van der Waals surface area contributed by atoms with Gasteiger partial charge in [0.2, 0.25) is 0 Å². The highest BCUT2D eigenvalue weighted by Crippen LogP contribution is 2.28. The average molecular weight is 349 g/mol. The third-order valence-corrected chi connectivity index (χ3v) is 4.23. The van der Waals surface area contributed by atoms with E-state index in [4.69, 9.17) is 11.6 Å². The summed E-state index contributed by atoms with van der Waals surface area (Å²) in [6.45, 7) is 1.59. The second kappa shape index (κ2) is 7.65. The van der Waals surface area contributed by atoms with Crippen LogP contribution in [0.5, 0.6) is 0 Å². The van der Waals surface area contributed by atoms with Crippen molar-refractivity contribution in [3.63, 3.8) is 0 Å². The molecule has 0 aromatic carbocycles. The van der Waals surface area contributed by atoms with Crippen LogP contribution in [0, 0.1) is 17.8 Å². The summed E-state index contributed by atoms with van der Waals surface area (Å²) in [6, 6.07) is 1.80. The maximum Gasteiger partial charge on any atom is 0.131 e. The van der Waals surface area contributed by atoms with Crippen molar-refractivity contribution in [2.24, 2.45) is 5.92 Å². The summed E-state index contributed by atoms with van der Waals surface area (Å²) in [7, 11) is 0. The number of rotatable bonds is 4. The van der Waals surface area contributed by atoms with Crippen LogP contribution in [-0.4, -0.2) is 46.2 Å². The van der Waals surface area contributed by atoms with Crippen molar-refractivity contribution < 1.29 is 9.50 Å². The molecule has 0 bridgehead atoms. The molecule has 1 unspecified atom stereocenters. The number of hydrogen-bond donors (Lipinski definition) is 1. The van der Waals surface area contributed by atoms with E-state index in [-0.39, 0.29) is 19.1 Å². The zero-order chi connectivity index (χ0) is 16.9. The summed E-state index contributed by atoms with van der Waals surface area (Å²) >= 11 is 6.04. The minimum absolute atomic E-state index is 0.185. The maximum atomic E-state index is 12.3. The summed E-state index contributed by atoms with van der Waals surface area (Å²) < 4.78 is 13.8. The number of anilines is 1. The standard InChI is InChI=1S/C17H18ClFN4O/c18-17-7-16(22-5-3-14(10-22)12-24)15(9-20-17)2-1-13-8-21-23(11-13)6-4-19/h7-9,11,14,24H,3-6,10,12H2. The molecule has 3 rings (SSSR count). The lowest BCUT2D eigenvalue weighted by molar-refractivity contribution is 0.238. The quantitative estimate of drug-likeness (QED) is 0.679. The van der Waals surface area contributed by atoms with E-state index in [0.29, 0.717) is 5.15 Å². The van der Waals surface area contributed by atoms with Crippen LogP contribution < -0.4 is 4.90 Å². The zero-order valence-corrected chi connectivity index (χ0v) is 13.9. The Morgan fingerprint density at radius 3 is 3.00 bits per heavy atom. The highest BCUT2D eigenvalue weighted by atomic mass is 35.5. The number of aliphatic hydroxyl groups is 1. The van der Waals surface area contributed by atoms with E-state index >= 15 is 0 Å². The second-order valence-electron chi connectivity index (χ2n) is 5.74. The van der Waals surface area contributed by atoms with Crippen molar-refractivity contribution in [2.75, 3.05) is 31.3 Å². The van der Waals surface area contributed by atoms with Crippen molar-refractivity contribution in [3.05, 3.63) is 40.9 Å². The molecule has 1 fully saturated rings. The van der Waals surface area contributed by atoms with Crippen LogP contribution in [0.1, 0.15) is 17.5 Å². The molecule has 24 heavy (non-hydrogen) atoms. The molecule has 0 amide bonds. The molecular weight excluding hydrogens is 331 g/mol. The summed E-state index contributed by atoms with van der Waals surface area (Å²) in [4.78, 5) is 6.29. The van der Waals surface area contributed by atoms with Crippen LogP contribution in [0.3, 0.4) is 0 Å². The highest BCUT2D eigenvalue weighted by Gasteiger charge is 2.23. The molecule has 1 aliphatic rings. The molecule has 1 saturated heterocycles. The molecule has 1 aliphatic heterocycles. The Bertz CT molecular complexity index is 767. The molecular formula is C17H18ClFN4O. The Balaban J connectivity index is 1.84. The van der Waals surface area contributed by atoms with Crippen LogP contribution in [0.2, 0.25) is 5.15 Å². The highest BCUT2D eigenvalue weighted by molar-refractivity contribution is 6.29. The topological polar surface area (TPSA) is 54.2 Å². The summed E-state index contributed by atoms with van der Waals surface area (Å²) in [5, 5.41) is 13.8. The number of aromatic nitrogens is 3. The first kappa shape index (κ1) is 16.7. The van der Waals surface area contributed by atoms with Gasteiger partial charge < -0.3 is 10.0 Å². The van der Waals surface area contributed by atoms with Gasteiger partial charge >= 0.3 is 0 Å². The smallest absolute Gasteiger partial charge is 0.131 e. The number of aryl methyl sites for hydroxylation is 1. The van der Waals surface area contributed by atoms with Gasteiger partial charge in [-0.15, -0.1) is 0 Å². The third-order valence-electron chi connectivity index (χ3n) is 4.02. The van der Waals surface area contributed by atoms with Crippen molar-refractivity contribution in [1.29, 1.82) is 0 Å². The molecule has 3 heterocycles. The van der Waals surface area contributed by atoms with Gasteiger partial charge in [-0.1, -0.05) is 23.4 Å². The Morgan fingerprint density at radius 1 is 1.38 bits per heavy atom. The summed E-state index contributed by atoms with van der Waals surface area (Å²) in [5.74, 6) is 6.41. The Morgan fingerprint density at radius 2 is 2.25 bits per heavy atom. The van der Waals surface area contributed by atoms with Crippen molar-refractivity contribution in [3.8, 4) is 11.8 Å². The molecule has 5 nitrogen and oxygen atoms in total. The Kier molecular flexibility index (Phi) is 5.34. The molecule has 0 radical (unpaired) electrons. The van der Waals surface area contributed by atoms with Crippen LogP contribution in [0.4, 0.5) is 10.1 Å². The van der Waals surface area contributed by atoms with Crippen molar-refractivity contribution in [1.82, 2.24) is 14.8 Å². The van der Waals surface area contributed by atoms with Crippen molar-refractivity contribution >= 4 is 17.3 Å². The largest absolute Gasteiger partial charge is 0.396 e. The van der Waals surface area contributed by atoms with Gasteiger partial charge in [0.1, 0.15) is 11.8 Å². The van der Waals surface area contributed by atoms with Crippen LogP contribution in [-0.2, 0) is 6.54 Å². The van der Waals surface area contributed by atoms with E-state index in [1.807, 2.05) is 0 Å². The molecule has 0 saturated carbocycles. The van der Waals surface area contributed by atoms with E-state index in [9.17, 15) is 9.50 Å². The van der Waals surface area contributed by atoms with Crippen LogP contribution >= 0.6 is 11.6 Å². The number of hydrogen-bond acceptors (Lipinski definition) is 4. The number of halogens is 2. The molecule has 1 atom stereocenters. The summed E-state index contributed by atoms with van der Waals surface area (Å²) in [6.07, 6.45) is 5.93. The fourth-order valence-corrected chi connectivity index (χ4v) is 2.91. The first-order valence-electron chi connectivity index (χ1n) is 7.81. The van der Waals surface area contributed by atoms with E-state index in [0.717, 1.165) is 36.3 Å². The first-order valence-corrected chi connectivity index (χ1v) is 8.19. The van der Waals surface area contributed by atoms with E-state index in [1.54, 1.807) is 24.7 Å². The summed E-state index contributed by atoms with van der Waals surface area (Å²) in [5.41, 5.74) is 2.42. The van der Waals surface area contributed by atoms with Gasteiger partial charge in [0, 0.05) is 44.1 Å². The average Bonchev–Trinajstić information content (AvgIpc) is 3.23. The fraction of sp³-hybridized carbons (Fsp3) is 0.412. The predicted octanol–water partition coefficient (Wildman–Crippen LogP) is 2.12. The van der Waals surface area contributed by atoms with E-state index in [1.165, 1.54) is 4.68 Å². The predicted molar refractivity (Wildman–Crippen MR) is 90.8 cm³/mol. The zero-order valence-electron chi connectivity index (χ0n) is 13.1. The van der Waals surface area contributed by atoms with Crippen molar-refractivity contribution in [2.45, 2.75) is 13.0 Å². The number of pyridine rings is 1. The minimum atomic E-state index is -0.458. The van der Waals surface area contributed by atoms with Gasteiger partial charge in [0.05, 0.1) is 29.6 Å². The normalized spacial score (nSPS) is 17.0. The van der Waals surface area contributed by atoms with Gasteiger partial charge in [-0.3, -0.25) is 4.68 Å². The minimum Gasteiger partial charge on any atom is -0.396 e. The second-order valence-corrected chi connectivity index (χ2v) is 6.13. The lowest BCUT2D eigenvalue weighted by Gasteiger charge is -2.20. The lowest BCUT2D eigenvalue weighted by atomic mass is 10.1. The first-order chi connectivity index (χ1) is 11.7. The van der Waals surface area contributed by atoms with E-state index < -0.39 is 6.67 Å². The maximum absolute atomic E-state index is 12.3. The van der Waals surface area contributed by atoms with Gasteiger partial charge in [-0.25, -0.2) is 9.37 Å². The monoisotopic (exact) mass is 348 g/mol. The Labute approximate surface area is 145 Å². The molecule has 2 aromatic heterocycles. The lowest BCUT2D eigenvalue weighted by Crippen LogP contribution is -2.21. The third kappa shape index (κ3) is 3.86. The van der Waals surface area contributed by atoms with Gasteiger partial charge in [0.25, 0.3) is 0 Å². The van der Waals surface area contributed by atoms with Gasteiger partial charge in [-0.2, -0.15) is 5.10 Å². The molecule has 7 heteroatoms. The molecule has 0 spiro atoms. The van der Waals surface area contributed by atoms with Crippen LogP contribution in [0.25, 0.3) is 0 Å². The molecule has 2 aromatic rings. The van der Waals surface area contributed by atoms with E-state index in [2.05, 4.69) is 26.8 Å². The number of aliphatic hydroxyl groups excluding tert-OH is 1. The number of alkyl halides is 1. The van der Waals surface area contributed by atoms with Crippen LogP contribution in [0.15, 0.2) is 24.7 Å². The molecule has 1 N–H and O–H groups in total. The number of nitrogens with zero attached hydrogens (tertiary/aromatic N) is 4. The fourth-order valence-electron chi connectivity index (χ4n) is 2.76. The van der Waals surface area contributed by atoms with Gasteiger partial charge in [-0.05, 0) is 6.42 Å². The SMILES string of the molecule is OCC1CCN(c2cc(Cl)ncc2C#Cc2cnn(CCF)c2)C1. The van der Waals surface area contributed by atoms with Gasteiger partial charge in [0.15, 0.2) is 0 Å². The molecule has 126 valence electrons.